The van der Waals surface area contributed by atoms with Crippen LogP contribution in [0.2, 0.25) is 0 Å². The molecular formula is C13H17F3N2O2. The van der Waals surface area contributed by atoms with Crippen molar-refractivity contribution in [3.63, 3.8) is 0 Å². The molecule has 1 aromatic carbocycles. The Kier molecular flexibility index (Phi) is 5.82. The molecule has 20 heavy (non-hydrogen) atoms. The number of alkyl halides is 3. The zero-order valence-corrected chi connectivity index (χ0v) is 11.1. The molecule has 0 aliphatic carbocycles. The van der Waals surface area contributed by atoms with E-state index in [1.54, 1.807) is 0 Å². The number of amides is 2. The van der Waals surface area contributed by atoms with Gasteiger partial charge in [0.15, 0.2) is 0 Å². The molecule has 112 valence electrons. The largest absolute Gasteiger partial charge is 0.416 e. The van der Waals surface area contributed by atoms with Crippen LogP contribution in [0, 0.1) is 0 Å². The molecule has 0 spiro atoms. The van der Waals surface area contributed by atoms with Gasteiger partial charge < -0.3 is 15.3 Å². The van der Waals surface area contributed by atoms with Crippen LogP contribution in [0.15, 0.2) is 24.3 Å². The number of rotatable bonds is 5. The zero-order chi connectivity index (χ0) is 15.2. The summed E-state index contributed by atoms with van der Waals surface area (Å²) in [5, 5.41) is 11.3. The Morgan fingerprint density at radius 1 is 1.35 bits per heavy atom. The predicted molar refractivity (Wildman–Crippen MR) is 69.4 cm³/mol. The van der Waals surface area contributed by atoms with E-state index in [1.165, 1.54) is 17.0 Å². The quantitative estimate of drug-likeness (QED) is 0.876. The zero-order valence-electron chi connectivity index (χ0n) is 11.1. The lowest BCUT2D eigenvalue weighted by molar-refractivity contribution is -0.137. The number of halogens is 3. The summed E-state index contributed by atoms with van der Waals surface area (Å²) in [6.07, 6.45) is -3.76. The summed E-state index contributed by atoms with van der Waals surface area (Å²) in [6, 6.07) is 3.90. The molecule has 0 unspecified atom stereocenters. The molecular weight excluding hydrogens is 273 g/mol. The molecule has 1 aromatic rings. The second-order valence-electron chi connectivity index (χ2n) is 4.22. The number of benzene rings is 1. The van der Waals surface area contributed by atoms with Gasteiger partial charge in [-0.2, -0.15) is 13.2 Å². The first kappa shape index (κ1) is 16.3. The van der Waals surface area contributed by atoms with Gasteiger partial charge in [0.1, 0.15) is 0 Å². The Bertz CT molecular complexity index is 443. The second-order valence-corrected chi connectivity index (χ2v) is 4.22. The smallest absolute Gasteiger partial charge is 0.395 e. The lowest BCUT2D eigenvalue weighted by Crippen LogP contribution is -2.37. The Morgan fingerprint density at radius 3 is 2.60 bits per heavy atom. The topological polar surface area (TPSA) is 52.6 Å². The fraction of sp³-hybridized carbons (Fsp3) is 0.462. The minimum Gasteiger partial charge on any atom is -0.395 e. The van der Waals surface area contributed by atoms with Crippen LogP contribution >= 0.6 is 0 Å². The van der Waals surface area contributed by atoms with E-state index in [0.717, 1.165) is 12.1 Å². The van der Waals surface area contributed by atoms with E-state index in [2.05, 4.69) is 5.32 Å². The van der Waals surface area contributed by atoms with Gasteiger partial charge in [0, 0.05) is 18.8 Å². The first-order valence-corrected chi connectivity index (χ1v) is 6.22. The highest BCUT2D eigenvalue weighted by Crippen LogP contribution is 2.30. The number of carbonyl (C=O) groups is 1. The number of aliphatic hydroxyl groups excluding tert-OH is 1. The summed E-state index contributed by atoms with van der Waals surface area (Å²) in [6.45, 7) is 2.22. The average molecular weight is 290 g/mol. The Labute approximate surface area is 115 Å². The molecule has 0 aromatic heterocycles. The summed E-state index contributed by atoms with van der Waals surface area (Å²) in [5.74, 6) is 0. The highest BCUT2D eigenvalue weighted by atomic mass is 19.4. The summed E-state index contributed by atoms with van der Waals surface area (Å²) in [4.78, 5) is 13.2. The number of hydrogen-bond donors (Lipinski definition) is 2. The summed E-state index contributed by atoms with van der Waals surface area (Å²) in [7, 11) is 0. The van der Waals surface area contributed by atoms with Crippen molar-refractivity contribution in [2.45, 2.75) is 19.5 Å². The Balaban J connectivity index is 2.79. The number of nitrogens with zero attached hydrogens (tertiary/aromatic N) is 1. The van der Waals surface area contributed by atoms with Crippen LogP contribution in [0.1, 0.15) is 18.9 Å². The Morgan fingerprint density at radius 2 is 2.05 bits per heavy atom. The van der Waals surface area contributed by atoms with E-state index in [0.29, 0.717) is 13.0 Å². The number of urea groups is 1. The van der Waals surface area contributed by atoms with Crippen LogP contribution in [0.5, 0.6) is 0 Å². The van der Waals surface area contributed by atoms with E-state index in [1.807, 2.05) is 6.92 Å². The molecule has 0 heterocycles. The van der Waals surface area contributed by atoms with Crippen molar-refractivity contribution < 1.29 is 23.1 Å². The van der Waals surface area contributed by atoms with Gasteiger partial charge in [-0.3, -0.25) is 0 Å². The molecule has 0 saturated heterocycles. The van der Waals surface area contributed by atoms with Crippen molar-refractivity contribution >= 4 is 11.7 Å². The average Bonchev–Trinajstić information content (AvgIpc) is 2.38. The molecule has 0 radical (unpaired) electrons. The third kappa shape index (κ3) is 4.73. The molecule has 7 heteroatoms. The lowest BCUT2D eigenvalue weighted by Gasteiger charge is -2.21. The van der Waals surface area contributed by atoms with E-state index < -0.39 is 17.8 Å². The molecule has 0 aliphatic heterocycles. The van der Waals surface area contributed by atoms with Crippen molar-refractivity contribution in [1.82, 2.24) is 4.90 Å². The van der Waals surface area contributed by atoms with Crippen molar-refractivity contribution in [2.24, 2.45) is 0 Å². The minimum absolute atomic E-state index is 0.0730. The number of carbonyl (C=O) groups excluding carboxylic acids is 1. The molecule has 0 bridgehead atoms. The van der Waals surface area contributed by atoms with Crippen LogP contribution < -0.4 is 5.32 Å². The molecule has 1 rings (SSSR count). The van der Waals surface area contributed by atoms with Gasteiger partial charge in [-0.1, -0.05) is 13.0 Å². The van der Waals surface area contributed by atoms with Crippen LogP contribution in [0.25, 0.3) is 0 Å². The normalized spacial score (nSPS) is 11.2. The molecule has 0 atom stereocenters. The van der Waals surface area contributed by atoms with Gasteiger partial charge in [-0.15, -0.1) is 0 Å². The minimum atomic E-state index is -4.45. The fourth-order valence-electron chi connectivity index (χ4n) is 1.68. The van der Waals surface area contributed by atoms with Gasteiger partial charge in [-0.25, -0.2) is 4.79 Å². The van der Waals surface area contributed by atoms with Gasteiger partial charge in [0.25, 0.3) is 0 Å². The third-order valence-corrected chi connectivity index (χ3v) is 2.59. The SMILES string of the molecule is CCCN(CCO)C(=O)Nc1cccc(C(F)(F)F)c1. The molecule has 0 fully saturated rings. The van der Waals surface area contributed by atoms with Crippen LogP contribution in [0.3, 0.4) is 0 Å². The summed E-state index contributed by atoms with van der Waals surface area (Å²) < 4.78 is 37.6. The van der Waals surface area contributed by atoms with E-state index in [4.69, 9.17) is 5.11 Å². The highest BCUT2D eigenvalue weighted by molar-refractivity contribution is 5.89. The molecule has 2 amide bonds. The third-order valence-electron chi connectivity index (χ3n) is 2.59. The number of anilines is 1. The maximum absolute atomic E-state index is 12.5. The van der Waals surface area contributed by atoms with Crippen LogP contribution in [-0.2, 0) is 6.18 Å². The van der Waals surface area contributed by atoms with Gasteiger partial charge in [-0.05, 0) is 24.6 Å². The van der Waals surface area contributed by atoms with Gasteiger partial charge in [0.05, 0.1) is 12.2 Å². The van der Waals surface area contributed by atoms with Crippen molar-refractivity contribution in [2.75, 3.05) is 25.0 Å². The summed E-state index contributed by atoms with van der Waals surface area (Å²) >= 11 is 0. The summed E-state index contributed by atoms with van der Waals surface area (Å²) in [5.41, 5.74) is -0.747. The molecule has 0 aliphatic rings. The van der Waals surface area contributed by atoms with Crippen LogP contribution in [-0.4, -0.2) is 35.7 Å². The fourth-order valence-corrected chi connectivity index (χ4v) is 1.68. The second kappa shape index (κ2) is 7.14. The highest BCUT2D eigenvalue weighted by Gasteiger charge is 2.30. The first-order valence-electron chi connectivity index (χ1n) is 6.22. The van der Waals surface area contributed by atoms with E-state index in [-0.39, 0.29) is 18.8 Å². The maximum Gasteiger partial charge on any atom is 0.416 e. The van der Waals surface area contributed by atoms with Gasteiger partial charge >= 0.3 is 12.2 Å². The van der Waals surface area contributed by atoms with Crippen LogP contribution in [0.4, 0.5) is 23.7 Å². The van der Waals surface area contributed by atoms with Gasteiger partial charge in [0.2, 0.25) is 0 Å². The number of nitrogens with one attached hydrogen (secondary N) is 1. The molecule has 0 saturated carbocycles. The maximum atomic E-state index is 12.5. The van der Waals surface area contributed by atoms with Crippen molar-refractivity contribution in [3.8, 4) is 0 Å². The van der Waals surface area contributed by atoms with Crippen molar-refractivity contribution in [3.05, 3.63) is 29.8 Å². The van der Waals surface area contributed by atoms with E-state index >= 15 is 0 Å². The first-order chi connectivity index (χ1) is 9.38. The number of hydrogen-bond acceptors (Lipinski definition) is 2. The predicted octanol–water partition coefficient (Wildman–Crippen LogP) is 2.94. The Hall–Kier alpha value is -1.76. The number of aliphatic hydroxyl groups is 1. The standard InChI is InChI=1S/C13H17F3N2O2/c1-2-6-18(7-8-19)12(20)17-11-5-3-4-10(9-11)13(14,15)16/h3-5,9,19H,2,6-8H2,1H3,(H,17,20). The lowest BCUT2D eigenvalue weighted by atomic mass is 10.2. The van der Waals surface area contributed by atoms with E-state index in [9.17, 15) is 18.0 Å². The molecule has 4 nitrogen and oxygen atoms in total. The monoisotopic (exact) mass is 290 g/mol. The molecule has 2 N–H and O–H groups in total. The van der Waals surface area contributed by atoms with Crippen molar-refractivity contribution in [1.29, 1.82) is 0 Å².